The summed E-state index contributed by atoms with van der Waals surface area (Å²) in [5.41, 5.74) is 0.437. The summed E-state index contributed by atoms with van der Waals surface area (Å²) in [7, 11) is 1.34. The summed E-state index contributed by atoms with van der Waals surface area (Å²) in [5, 5.41) is 5.23. The molecular weight excluding hydrogens is 250 g/mol. The van der Waals surface area contributed by atoms with Crippen molar-refractivity contribution in [2.24, 2.45) is 5.92 Å². The van der Waals surface area contributed by atoms with Crippen molar-refractivity contribution in [1.82, 2.24) is 0 Å². The third-order valence-electron chi connectivity index (χ3n) is 3.28. The molecule has 0 bridgehead atoms. The van der Waals surface area contributed by atoms with Crippen LogP contribution in [0, 0.1) is 5.92 Å². The number of thiophene rings is 1. The van der Waals surface area contributed by atoms with E-state index in [9.17, 15) is 9.59 Å². The highest BCUT2D eigenvalue weighted by atomic mass is 32.1. The van der Waals surface area contributed by atoms with Gasteiger partial charge in [0, 0.05) is 5.92 Å². The van der Waals surface area contributed by atoms with Gasteiger partial charge in [0.15, 0.2) is 0 Å². The first kappa shape index (κ1) is 13.1. The minimum Gasteiger partial charge on any atom is -0.465 e. The standard InChI is InChI=1S/C13H17NO3S/c1-17-13(16)10-7-8-18-12(10)14-11(15)9-5-3-2-4-6-9/h7-9H,2-6H2,1H3,(H,14,15). The average Bonchev–Trinajstić information content (AvgIpc) is 2.87. The minimum absolute atomic E-state index is 0.0299. The van der Waals surface area contributed by atoms with Gasteiger partial charge in [0.25, 0.3) is 0 Å². The maximum atomic E-state index is 12.1. The second-order valence-electron chi connectivity index (χ2n) is 4.48. The summed E-state index contributed by atoms with van der Waals surface area (Å²) < 4.78 is 4.68. The number of hydrogen-bond donors (Lipinski definition) is 1. The maximum Gasteiger partial charge on any atom is 0.340 e. The number of methoxy groups -OCH3 is 1. The molecule has 1 heterocycles. The van der Waals surface area contributed by atoms with E-state index < -0.39 is 5.97 Å². The first-order valence-electron chi connectivity index (χ1n) is 6.19. The van der Waals surface area contributed by atoms with Crippen molar-refractivity contribution in [1.29, 1.82) is 0 Å². The lowest BCUT2D eigenvalue weighted by Gasteiger charge is -2.20. The molecule has 1 fully saturated rings. The quantitative estimate of drug-likeness (QED) is 0.856. The van der Waals surface area contributed by atoms with Gasteiger partial charge in [-0.3, -0.25) is 4.79 Å². The predicted octanol–water partition coefficient (Wildman–Crippen LogP) is 3.05. The minimum atomic E-state index is -0.407. The van der Waals surface area contributed by atoms with Crippen LogP contribution in [0.5, 0.6) is 0 Å². The highest BCUT2D eigenvalue weighted by Gasteiger charge is 2.23. The summed E-state index contributed by atoms with van der Waals surface area (Å²) in [4.78, 5) is 23.6. The molecule has 1 amide bonds. The number of anilines is 1. The van der Waals surface area contributed by atoms with Crippen molar-refractivity contribution < 1.29 is 14.3 Å². The van der Waals surface area contributed by atoms with E-state index >= 15 is 0 Å². The molecule has 2 rings (SSSR count). The van der Waals surface area contributed by atoms with Crippen molar-refractivity contribution >= 4 is 28.2 Å². The van der Waals surface area contributed by atoms with E-state index in [1.165, 1.54) is 24.9 Å². The fourth-order valence-corrected chi connectivity index (χ4v) is 3.03. The molecule has 0 aliphatic heterocycles. The molecule has 0 unspecified atom stereocenters. The zero-order valence-electron chi connectivity index (χ0n) is 10.4. The first-order chi connectivity index (χ1) is 8.72. The van der Waals surface area contributed by atoms with E-state index in [0.717, 1.165) is 25.7 Å². The van der Waals surface area contributed by atoms with Crippen molar-refractivity contribution in [3.8, 4) is 0 Å². The molecule has 0 saturated heterocycles. The van der Waals surface area contributed by atoms with Crippen LogP contribution in [0.25, 0.3) is 0 Å². The summed E-state index contributed by atoms with van der Waals surface area (Å²) in [6, 6.07) is 1.67. The zero-order valence-corrected chi connectivity index (χ0v) is 11.2. The number of rotatable bonds is 3. The molecule has 1 aliphatic rings. The topological polar surface area (TPSA) is 55.4 Å². The lowest BCUT2D eigenvalue weighted by atomic mass is 9.89. The summed E-state index contributed by atoms with van der Waals surface area (Å²) in [6.07, 6.45) is 5.35. The van der Waals surface area contributed by atoms with Crippen molar-refractivity contribution in [2.45, 2.75) is 32.1 Å². The number of carbonyl (C=O) groups is 2. The monoisotopic (exact) mass is 267 g/mol. The van der Waals surface area contributed by atoms with Crippen LogP contribution < -0.4 is 5.32 Å². The van der Waals surface area contributed by atoms with Gasteiger partial charge in [0.2, 0.25) is 5.91 Å². The average molecular weight is 267 g/mol. The van der Waals surface area contributed by atoms with E-state index in [4.69, 9.17) is 0 Å². The Bertz CT molecular complexity index is 435. The Kier molecular flexibility index (Phi) is 4.36. The van der Waals surface area contributed by atoms with Crippen molar-refractivity contribution in [3.05, 3.63) is 17.0 Å². The second kappa shape index (κ2) is 6.00. The molecule has 1 saturated carbocycles. The molecule has 1 aromatic heterocycles. The van der Waals surface area contributed by atoms with Gasteiger partial charge in [0.05, 0.1) is 12.7 Å². The van der Waals surface area contributed by atoms with Gasteiger partial charge < -0.3 is 10.1 Å². The van der Waals surface area contributed by atoms with E-state index in [1.54, 1.807) is 11.4 Å². The molecule has 1 aromatic rings. The lowest BCUT2D eigenvalue weighted by Crippen LogP contribution is -2.25. The van der Waals surface area contributed by atoms with Gasteiger partial charge in [-0.15, -0.1) is 11.3 Å². The molecule has 98 valence electrons. The van der Waals surface area contributed by atoms with Gasteiger partial charge in [0.1, 0.15) is 5.00 Å². The first-order valence-corrected chi connectivity index (χ1v) is 7.07. The Morgan fingerprint density at radius 3 is 2.72 bits per heavy atom. The predicted molar refractivity (Wildman–Crippen MR) is 70.9 cm³/mol. The highest BCUT2D eigenvalue weighted by Crippen LogP contribution is 2.28. The van der Waals surface area contributed by atoms with E-state index in [-0.39, 0.29) is 11.8 Å². The van der Waals surface area contributed by atoms with Crippen molar-refractivity contribution in [3.63, 3.8) is 0 Å². The lowest BCUT2D eigenvalue weighted by molar-refractivity contribution is -0.120. The molecule has 0 atom stereocenters. The number of hydrogen-bond acceptors (Lipinski definition) is 4. The molecule has 0 radical (unpaired) electrons. The third-order valence-corrected chi connectivity index (χ3v) is 4.11. The van der Waals surface area contributed by atoms with E-state index in [1.807, 2.05) is 0 Å². The van der Waals surface area contributed by atoms with E-state index in [0.29, 0.717) is 10.6 Å². The number of carbonyl (C=O) groups excluding carboxylic acids is 2. The summed E-state index contributed by atoms with van der Waals surface area (Å²) in [5.74, 6) is -0.288. The third kappa shape index (κ3) is 2.90. The molecule has 0 aromatic carbocycles. The Hall–Kier alpha value is -1.36. The van der Waals surface area contributed by atoms with Crippen LogP contribution in [0.2, 0.25) is 0 Å². The van der Waals surface area contributed by atoms with Gasteiger partial charge in [-0.05, 0) is 24.3 Å². The van der Waals surface area contributed by atoms with Gasteiger partial charge >= 0.3 is 5.97 Å². The van der Waals surface area contributed by atoms with Crippen molar-refractivity contribution in [2.75, 3.05) is 12.4 Å². The smallest absolute Gasteiger partial charge is 0.340 e. The number of nitrogens with one attached hydrogen (secondary N) is 1. The second-order valence-corrected chi connectivity index (χ2v) is 5.40. The zero-order chi connectivity index (χ0) is 13.0. The normalized spacial score (nSPS) is 16.3. The number of esters is 1. The largest absolute Gasteiger partial charge is 0.465 e. The molecule has 4 nitrogen and oxygen atoms in total. The maximum absolute atomic E-state index is 12.1. The fraction of sp³-hybridized carbons (Fsp3) is 0.538. The molecule has 1 N–H and O–H groups in total. The van der Waals surface area contributed by atoms with Gasteiger partial charge in [-0.25, -0.2) is 4.79 Å². The van der Waals surface area contributed by atoms with Gasteiger partial charge in [-0.1, -0.05) is 19.3 Å². The molecule has 0 spiro atoms. The van der Waals surface area contributed by atoms with Crippen LogP contribution >= 0.6 is 11.3 Å². The Morgan fingerprint density at radius 2 is 2.06 bits per heavy atom. The molecule has 18 heavy (non-hydrogen) atoms. The fourth-order valence-electron chi connectivity index (χ4n) is 2.26. The van der Waals surface area contributed by atoms with Crippen LogP contribution in [0.1, 0.15) is 42.5 Å². The van der Waals surface area contributed by atoms with Gasteiger partial charge in [-0.2, -0.15) is 0 Å². The van der Waals surface area contributed by atoms with Crippen LogP contribution in [0.15, 0.2) is 11.4 Å². The number of ether oxygens (including phenoxy) is 1. The Balaban J connectivity index is 2.02. The molecule has 1 aliphatic carbocycles. The summed E-state index contributed by atoms with van der Waals surface area (Å²) in [6.45, 7) is 0. The van der Waals surface area contributed by atoms with E-state index in [2.05, 4.69) is 10.1 Å². The molecular formula is C13H17NO3S. The highest BCUT2D eigenvalue weighted by molar-refractivity contribution is 7.14. The Labute approximate surface area is 110 Å². The van der Waals surface area contributed by atoms with Crippen LogP contribution in [0.3, 0.4) is 0 Å². The Morgan fingerprint density at radius 1 is 1.33 bits per heavy atom. The summed E-state index contributed by atoms with van der Waals surface area (Å²) >= 11 is 1.35. The van der Waals surface area contributed by atoms with Crippen LogP contribution in [-0.2, 0) is 9.53 Å². The SMILES string of the molecule is COC(=O)c1ccsc1NC(=O)C1CCCCC1. The van der Waals surface area contributed by atoms with Crippen LogP contribution in [0.4, 0.5) is 5.00 Å². The van der Waals surface area contributed by atoms with Crippen LogP contribution in [-0.4, -0.2) is 19.0 Å². The molecule has 5 heteroatoms. The number of amides is 1.